The molecular weight excluding hydrogens is 635 g/mol. The number of likely N-dealkylation sites (N-methyl/N-ethyl adjacent to an activating group) is 1. The Hall–Kier alpha value is -1.80. The lowest BCUT2D eigenvalue weighted by Crippen LogP contribution is -2.45. The first-order chi connectivity index (χ1) is 23.5. The summed E-state index contributed by atoms with van der Waals surface area (Å²) in [5.74, 6) is -0.208. The summed E-state index contributed by atoms with van der Waals surface area (Å²) < 4.78 is 23.3. The second-order valence-electron chi connectivity index (χ2n) is 13.9. The molecule has 284 valence electrons. The van der Waals surface area contributed by atoms with Gasteiger partial charge in [-0.2, -0.15) is 0 Å². The van der Waals surface area contributed by atoms with Crippen LogP contribution in [0.5, 0.6) is 0 Å². The number of rotatable bonds is 33. The number of aliphatic hydroxyl groups excluding tert-OH is 1. The fourth-order valence-electron chi connectivity index (χ4n) is 4.81. The Morgan fingerprint density at radius 3 is 1.84 bits per heavy atom. The van der Waals surface area contributed by atoms with Gasteiger partial charge in [-0.25, -0.2) is 4.57 Å². The van der Waals surface area contributed by atoms with Crippen LogP contribution in [0.15, 0.2) is 60.8 Å². The van der Waals surface area contributed by atoms with Gasteiger partial charge < -0.3 is 19.8 Å². The van der Waals surface area contributed by atoms with E-state index in [1.807, 2.05) is 27.2 Å². The Morgan fingerprint density at radius 2 is 1.20 bits per heavy atom. The lowest BCUT2D eigenvalue weighted by atomic mass is 10.1. The monoisotopic (exact) mass is 710 g/mol. The number of phosphoric ester groups is 1. The minimum atomic E-state index is -4.34. The first-order valence-corrected chi connectivity index (χ1v) is 20.7. The van der Waals surface area contributed by atoms with E-state index in [4.69, 9.17) is 9.05 Å². The van der Waals surface area contributed by atoms with Crippen LogP contribution in [0.2, 0.25) is 0 Å². The van der Waals surface area contributed by atoms with Crippen molar-refractivity contribution in [2.45, 2.75) is 148 Å². The molecule has 0 radical (unpaired) electrons. The lowest BCUT2D eigenvalue weighted by Gasteiger charge is -2.25. The number of unbranched alkanes of at least 4 members (excludes halogenated alkanes) is 12. The molecule has 0 fully saturated rings. The summed E-state index contributed by atoms with van der Waals surface area (Å²) in [5, 5.41) is 13.6. The van der Waals surface area contributed by atoms with E-state index in [2.05, 4.69) is 67.8 Å². The molecule has 8 nitrogen and oxygen atoms in total. The number of allylic oxidation sites excluding steroid dienone is 9. The lowest BCUT2D eigenvalue weighted by molar-refractivity contribution is -0.870. The molecule has 0 aromatic rings. The molecule has 0 saturated heterocycles. The van der Waals surface area contributed by atoms with Crippen molar-refractivity contribution in [1.82, 2.24) is 5.32 Å². The van der Waals surface area contributed by atoms with Crippen molar-refractivity contribution in [2.75, 3.05) is 40.9 Å². The van der Waals surface area contributed by atoms with Crippen LogP contribution in [0.4, 0.5) is 0 Å². The third-order valence-corrected chi connectivity index (χ3v) is 8.94. The molecule has 0 aromatic heterocycles. The van der Waals surface area contributed by atoms with Crippen molar-refractivity contribution in [1.29, 1.82) is 0 Å². The molecule has 1 amide bonds. The van der Waals surface area contributed by atoms with E-state index in [1.165, 1.54) is 51.4 Å². The number of phosphoric acid groups is 1. The summed E-state index contributed by atoms with van der Waals surface area (Å²) in [5.41, 5.74) is 0. The van der Waals surface area contributed by atoms with Crippen LogP contribution in [-0.2, 0) is 18.4 Å². The number of carbonyl (C=O) groups is 1. The normalized spacial score (nSPS) is 15.3. The predicted molar refractivity (Wildman–Crippen MR) is 207 cm³/mol. The summed E-state index contributed by atoms with van der Waals surface area (Å²) in [4.78, 5) is 22.9. The van der Waals surface area contributed by atoms with E-state index < -0.39 is 20.0 Å². The van der Waals surface area contributed by atoms with E-state index >= 15 is 0 Å². The van der Waals surface area contributed by atoms with Gasteiger partial charge in [-0.05, 0) is 64.2 Å². The van der Waals surface area contributed by atoms with Crippen molar-refractivity contribution < 1.29 is 32.9 Å². The molecule has 0 aromatic carbocycles. The Bertz CT molecular complexity index is 986. The fourth-order valence-corrected chi connectivity index (χ4v) is 5.55. The van der Waals surface area contributed by atoms with Gasteiger partial charge in [0.1, 0.15) is 13.2 Å². The molecular formula is C40H74N2O6P+. The quantitative estimate of drug-likeness (QED) is 0.0271. The van der Waals surface area contributed by atoms with Crippen LogP contribution >= 0.6 is 7.82 Å². The molecule has 9 heteroatoms. The largest absolute Gasteiger partial charge is 0.472 e. The van der Waals surface area contributed by atoms with E-state index in [1.54, 1.807) is 6.08 Å². The van der Waals surface area contributed by atoms with Gasteiger partial charge in [-0.15, -0.1) is 0 Å². The summed E-state index contributed by atoms with van der Waals surface area (Å²) in [6, 6.07) is -0.868. The molecule has 3 atom stereocenters. The molecule has 0 aliphatic rings. The Labute approximate surface area is 301 Å². The summed E-state index contributed by atoms with van der Waals surface area (Å²) in [6.45, 7) is 4.64. The SMILES string of the molecule is CCCC/C=C/CC/C=C/C(O)C(COP(=O)(O)OCC[N+](C)(C)C)NC(=O)CCCCCCCC/C=C\C/C=C\C/C=C\CCCCC. The fraction of sp³-hybridized carbons (Fsp3) is 0.725. The molecule has 3 N–H and O–H groups in total. The first kappa shape index (κ1) is 47.2. The number of nitrogens with zero attached hydrogens (tertiary/aromatic N) is 1. The maximum absolute atomic E-state index is 12.8. The number of carbonyl (C=O) groups excluding carboxylic acids is 1. The van der Waals surface area contributed by atoms with Gasteiger partial charge in [-0.1, -0.05) is 126 Å². The van der Waals surface area contributed by atoms with Crippen LogP contribution < -0.4 is 5.32 Å². The van der Waals surface area contributed by atoms with Crippen LogP contribution in [0, 0.1) is 0 Å². The highest BCUT2D eigenvalue weighted by Crippen LogP contribution is 2.43. The molecule has 0 aliphatic carbocycles. The molecule has 0 bridgehead atoms. The van der Waals surface area contributed by atoms with E-state index in [-0.39, 0.29) is 19.1 Å². The third kappa shape index (κ3) is 34.4. The second kappa shape index (κ2) is 32.1. The summed E-state index contributed by atoms with van der Waals surface area (Å²) in [7, 11) is 1.53. The van der Waals surface area contributed by atoms with Crippen LogP contribution in [0.1, 0.15) is 136 Å². The summed E-state index contributed by atoms with van der Waals surface area (Å²) in [6.07, 6.45) is 40.1. The van der Waals surface area contributed by atoms with Crippen LogP contribution in [0.25, 0.3) is 0 Å². The predicted octanol–water partition coefficient (Wildman–Crippen LogP) is 9.90. The highest BCUT2D eigenvalue weighted by atomic mass is 31.2. The maximum Gasteiger partial charge on any atom is 0.472 e. The molecule has 0 aliphatic heterocycles. The second-order valence-corrected chi connectivity index (χ2v) is 15.4. The van der Waals surface area contributed by atoms with Crippen molar-refractivity contribution in [2.24, 2.45) is 0 Å². The number of hydrogen-bond acceptors (Lipinski definition) is 5. The minimum Gasteiger partial charge on any atom is -0.387 e. The zero-order valence-corrected chi connectivity index (χ0v) is 32.8. The average molecular weight is 710 g/mol. The third-order valence-electron chi connectivity index (χ3n) is 7.96. The highest BCUT2D eigenvalue weighted by Gasteiger charge is 2.27. The smallest absolute Gasteiger partial charge is 0.387 e. The number of aliphatic hydroxyl groups is 1. The van der Waals surface area contributed by atoms with E-state index in [0.717, 1.165) is 64.2 Å². The van der Waals surface area contributed by atoms with Gasteiger partial charge in [0.2, 0.25) is 5.91 Å². The van der Waals surface area contributed by atoms with Crippen molar-refractivity contribution >= 4 is 13.7 Å². The van der Waals surface area contributed by atoms with Crippen molar-refractivity contribution in [3.05, 3.63) is 60.8 Å². The number of nitrogens with one attached hydrogen (secondary N) is 1. The zero-order chi connectivity index (χ0) is 36.5. The van der Waals surface area contributed by atoms with E-state index in [9.17, 15) is 19.4 Å². The van der Waals surface area contributed by atoms with Crippen molar-refractivity contribution in [3.8, 4) is 0 Å². The van der Waals surface area contributed by atoms with Gasteiger partial charge in [0.25, 0.3) is 0 Å². The molecule has 3 unspecified atom stereocenters. The Balaban J connectivity index is 4.44. The van der Waals surface area contributed by atoms with Gasteiger partial charge in [0.05, 0.1) is 39.9 Å². The molecule has 49 heavy (non-hydrogen) atoms. The molecule has 0 heterocycles. The standard InChI is InChI=1S/C40H73N2O6P/c1-6-8-10-12-14-16-17-18-19-20-21-22-23-24-25-26-28-30-32-34-40(44)41-38(37-48-49(45,46)47-36-35-42(3,4)5)39(43)33-31-29-27-15-13-11-9-7-2/h13-16,18-19,21-22,31,33,38-39,43H,6-12,17,20,23-30,32,34-37H2,1-5H3,(H-,41,44,45,46)/p+1/b15-13+,16-14-,19-18-,22-21-,33-31+. The number of hydrogen-bond donors (Lipinski definition) is 3. The topological polar surface area (TPSA) is 105 Å². The van der Waals surface area contributed by atoms with E-state index in [0.29, 0.717) is 17.4 Å². The molecule has 0 spiro atoms. The number of amides is 1. The summed E-state index contributed by atoms with van der Waals surface area (Å²) >= 11 is 0. The highest BCUT2D eigenvalue weighted by molar-refractivity contribution is 7.47. The van der Waals surface area contributed by atoms with Crippen LogP contribution in [0.3, 0.4) is 0 Å². The van der Waals surface area contributed by atoms with Crippen LogP contribution in [-0.4, -0.2) is 73.4 Å². The maximum atomic E-state index is 12.8. The first-order valence-electron chi connectivity index (χ1n) is 19.2. The minimum absolute atomic E-state index is 0.0500. The Morgan fingerprint density at radius 1 is 0.694 bits per heavy atom. The Kier molecular flexibility index (Phi) is 31.0. The number of quaternary nitrogens is 1. The van der Waals surface area contributed by atoms with Gasteiger partial charge in [-0.3, -0.25) is 13.8 Å². The van der Waals surface area contributed by atoms with Gasteiger partial charge >= 0.3 is 7.82 Å². The molecule has 0 saturated carbocycles. The zero-order valence-electron chi connectivity index (χ0n) is 31.9. The molecule has 0 rings (SSSR count). The average Bonchev–Trinajstić information content (AvgIpc) is 3.04. The van der Waals surface area contributed by atoms with Gasteiger partial charge in [0.15, 0.2) is 0 Å². The van der Waals surface area contributed by atoms with Gasteiger partial charge in [0, 0.05) is 6.42 Å². The van der Waals surface area contributed by atoms with Crippen molar-refractivity contribution in [3.63, 3.8) is 0 Å².